The molecule has 7 heteroatoms. The normalized spacial score (nSPS) is 22.6. The minimum absolute atomic E-state index is 0.0204. The molecule has 1 saturated carbocycles. The fourth-order valence-corrected chi connectivity index (χ4v) is 3.90. The fourth-order valence-electron chi connectivity index (χ4n) is 3.90. The van der Waals surface area contributed by atoms with Crippen molar-refractivity contribution in [3.8, 4) is 0 Å². The van der Waals surface area contributed by atoms with Crippen LogP contribution in [0.4, 0.5) is 0 Å². The Morgan fingerprint density at radius 1 is 1.23 bits per heavy atom. The van der Waals surface area contributed by atoms with Crippen molar-refractivity contribution in [2.75, 3.05) is 6.54 Å². The monoisotopic (exact) mass is 358 g/mol. The zero-order chi connectivity index (χ0) is 19.0. The van der Waals surface area contributed by atoms with Gasteiger partial charge in [-0.2, -0.15) is 5.10 Å². The Morgan fingerprint density at radius 2 is 1.88 bits per heavy atom. The second kappa shape index (κ2) is 7.07. The van der Waals surface area contributed by atoms with Crippen molar-refractivity contribution in [3.05, 3.63) is 51.2 Å². The molecule has 0 unspecified atom stereocenters. The van der Waals surface area contributed by atoms with Crippen LogP contribution in [0.3, 0.4) is 0 Å². The van der Waals surface area contributed by atoms with E-state index in [0.717, 1.165) is 11.1 Å². The number of amides is 1. The Kier molecular flexibility index (Phi) is 5.00. The minimum Gasteiger partial charge on any atom is -0.393 e. The van der Waals surface area contributed by atoms with Crippen LogP contribution in [-0.2, 0) is 14.1 Å². The number of aliphatic hydroxyl groups is 1. The number of hydrogen-bond acceptors (Lipinski definition) is 4. The molecule has 0 aliphatic heterocycles. The van der Waals surface area contributed by atoms with E-state index in [2.05, 4.69) is 10.4 Å². The highest BCUT2D eigenvalue weighted by Crippen LogP contribution is 2.37. The van der Waals surface area contributed by atoms with Crippen LogP contribution in [-0.4, -0.2) is 38.0 Å². The quantitative estimate of drug-likeness (QED) is 0.854. The van der Waals surface area contributed by atoms with Gasteiger partial charge in [0.1, 0.15) is 5.82 Å². The molecule has 0 spiro atoms. The predicted molar refractivity (Wildman–Crippen MR) is 98.2 cm³/mol. The Balaban J connectivity index is 1.64. The summed E-state index contributed by atoms with van der Waals surface area (Å²) in [5, 5.41) is 17.6. The maximum Gasteiger partial charge on any atom is 0.345 e. The molecule has 2 aromatic rings. The average molecular weight is 358 g/mol. The molecule has 1 aliphatic rings. The van der Waals surface area contributed by atoms with Gasteiger partial charge in [-0.05, 0) is 38.8 Å². The van der Waals surface area contributed by atoms with Gasteiger partial charge in [-0.25, -0.2) is 9.48 Å². The van der Waals surface area contributed by atoms with Gasteiger partial charge in [-0.3, -0.25) is 9.36 Å². The molecule has 1 fully saturated rings. The molecular weight excluding hydrogens is 332 g/mol. The van der Waals surface area contributed by atoms with E-state index in [1.165, 1.54) is 9.25 Å². The van der Waals surface area contributed by atoms with Crippen molar-refractivity contribution >= 4 is 5.91 Å². The third kappa shape index (κ3) is 3.58. The van der Waals surface area contributed by atoms with Gasteiger partial charge in [0.25, 0.3) is 5.91 Å². The lowest BCUT2D eigenvalue weighted by atomic mass is 10.0. The molecule has 1 aromatic heterocycles. The SMILES string of the molecule is Cc1cc(C)cc(C(=O)NC[C@H]2C[C@H](c3nn(C)c(=O)n3C)C[C@H]2O)c1. The number of carbonyl (C=O) groups is 1. The number of aromatic nitrogens is 3. The summed E-state index contributed by atoms with van der Waals surface area (Å²) < 4.78 is 2.85. The van der Waals surface area contributed by atoms with Gasteiger partial charge < -0.3 is 10.4 Å². The summed E-state index contributed by atoms with van der Waals surface area (Å²) >= 11 is 0. The number of nitrogens with zero attached hydrogens (tertiary/aromatic N) is 3. The maximum absolute atomic E-state index is 12.4. The van der Waals surface area contributed by atoms with E-state index in [4.69, 9.17) is 0 Å². The van der Waals surface area contributed by atoms with Crippen LogP contribution in [0, 0.1) is 19.8 Å². The topological polar surface area (TPSA) is 89.2 Å². The standard InChI is InChI=1S/C19H26N4O3/c1-11-5-12(2)7-14(6-11)18(25)20-10-15-8-13(9-16(15)24)17-21-23(4)19(26)22(17)3/h5-7,13,15-16,24H,8-10H2,1-4H3,(H,20,25)/t13-,15+,16+/m0/s1. The van der Waals surface area contributed by atoms with E-state index in [9.17, 15) is 14.7 Å². The Bertz CT molecular complexity index is 863. The number of benzene rings is 1. The summed E-state index contributed by atoms with van der Waals surface area (Å²) in [7, 11) is 3.32. The van der Waals surface area contributed by atoms with E-state index in [0.29, 0.717) is 30.8 Å². The van der Waals surface area contributed by atoms with Crippen LogP contribution in [0.5, 0.6) is 0 Å². The van der Waals surface area contributed by atoms with E-state index in [1.807, 2.05) is 32.0 Å². The third-order valence-electron chi connectivity index (χ3n) is 5.19. The maximum atomic E-state index is 12.4. The molecule has 26 heavy (non-hydrogen) atoms. The van der Waals surface area contributed by atoms with Crippen molar-refractivity contribution in [1.29, 1.82) is 0 Å². The molecule has 2 N–H and O–H groups in total. The summed E-state index contributed by atoms with van der Waals surface area (Å²) in [6.07, 6.45) is 0.726. The average Bonchev–Trinajstić information content (AvgIpc) is 3.06. The van der Waals surface area contributed by atoms with Crippen molar-refractivity contribution < 1.29 is 9.90 Å². The van der Waals surface area contributed by atoms with E-state index < -0.39 is 6.10 Å². The lowest BCUT2D eigenvalue weighted by molar-refractivity contribution is 0.0916. The number of aryl methyl sites for hydroxylation is 3. The Hall–Kier alpha value is -2.41. The first-order valence-corrected chi connectivity index (χ1v) is 8.90. The molecule has 0 radical (unpaired) electrons. The molecular formula is C19H26N4O3. The summed E-state index contributed by atoms with van der Waals surface area (Å²) in [5.74, 6) is 0.538. The molecule has 1 amide bonds. The number of rotatable bonds is 4. The lowest BCUT2D eigenvalue weighted by Gasteiger charge is -2.15. The van der Waals surface area contributed by atoms with Crippen molar-refractivity contribution in [3.63, 3.8) is 0 Å². The van der Waals surface area contributed by atoms with Crippen LogP contribution in [0.15, 0.2) is 23.0 Å². The lowest BCUT2D eigenvalue weighted by Crippen LogP contribution is -2.32. The highest BCUT2D eigenvalue weighted by Gasteiger charge is 2.36. The Morgan fingerprint density at radius 3 is 2.46 bits per heavy atom. The number of hydrogen-bond donors (Lipinski definition) is 2. The second-order valence-corrected chi connectivity index (χ2v) is 7.41. The van der Waals surface area contributed by atoms with Crippen molar-refractivity contribution in [2.45, 2.75) is 38.7 Å². The van der Waals surface area contributed by atoms with Crippen LogP contribution in [0.2, 0.25) is 0 Å². The van der Waals surface area contributed by atoms with E-state index in [1.54, 1.807) is 14.1 Å². The smallest absolute Gasteiger partial charge is 0.345 e. The molecule has 140 valence electrons. The van der Waals surface area contributed by atoms with Gasteiger partial charge in [0, 0.05) is 38.0 Å². The number of aliphatic hydroxyl groups excluding tert-OH is 1. The molecule has 1 aromatic carbocycles. The van der Waals surface area contributed by atoms with Crippen molar-refractivity contribution in [2.24, 2.45) is 20.0 Å². The minimum atomic E-state index is -0.517. The molecule has 3 rings (SSSR count). The van der Waals surface area contributed by atoms with Gasteiger partial charge in [0.15, 0.2) is 0 Å². The molecule has 0 bridgehead atoms. The first kappa shape index (κ1) is 18.4. The highest BCUT2D eigenvalue weighted by molar-refractivity contribution is 5.94. The number of nitrogens with one attached hydrogen (secondary N) is 1. The summed E-state index contributed by atoms with van der Waals surface area (Å²) in [6.45, 7) is 4.34. The molecule has 0 saturated heterocycles. The third-order valence-corrected chi connectivity index (χ3v) is 5.19. The number of carbonyl (C=O) groups excluding carboxylic acids is 1. The van der Waals surface area contributed by atoms with Crippen LogP contribution >= 0.6 is 0 Å². The van der Waals surface area contributed by atoms with Crippen LogP contribution in [0.1, 0.15) is 46.1 Å². The van der Waals surface area contributed by atoms with Gasteiger partial charge in [-0.1, -0.05) is 17.2 Å². The van der Waals surface area contributed by atoms with Gasteiger partial charge >= 0.3 is 5.69 Å². The summed E-state index contributed by atoms with van der Waals surface area (Å²) in [5.41, 5.74) is 2.57. The zero-order valence-corrected chi connectivity index (χ0v) is 15.7. The van der Waals surface area contributed by atoms with Crippen LogP contribution in [0.25, 0.3) is 0 Å². The van der Waals surface area contributed by atoms with Crippen molar-refractivity contribution in [1.82, 2.24) is 19.7 Å². The molecule has 1 aliphatic carbocycles. The summed E-state index contributed by atoms with van der Waals surface area (Å²) in [6, 6.07) is 5.75. The van der Waals surface area contributed by atoms with E-state index in [-0.39, 0.29) is 23.4 Å². The zero-order valence-electron chi connectivity index (χ0n) is 15.7. The first-order chi connectivity index (χ1) is 12.3. The van der Waals surface area contributed by atoms with E-state index >= 15 is 0 Å². The largest absolute Gasteiger partial charge is 0.393 e. The molecule has 1 heterocycles. The fraction of sp³-hybridized carbons (Fsp3) is 0.526. The first-order valence-electron chi connectivity index (χ1n) is 8.90. The van der Waals surface area contributed by atoms with Gasteiger partial charge in [0.2, 0.25) is 0 Å². The second-order valence-electron chi connectivity index (χ2n) is 7.41. The summed E-state index contributed by atoms with van der Waals surface area (Å²) in [4.78, 5) is 24.3. The Labute approximate surface area is 152 Å². The molecule has 7 nitrogen and oxygen atoms in total. The molecule has 3 atom stereocenters. The van der Waals surface area contributed by atoms with Gasteiger partial charge in [0.05, 0.1) is 6.10 Å². The van der Waals surface area contributed by atoms with Crippen LogP contribution < -0.4 is 11.0 Å². The van der Waals surface area contributed by atoms with Gasteiger partial charge in [-0.15, -0.1) is 0 Å². The highest BCUT2D eigenvalue weighted by atomic mass is 16.3. The predicted octanol–water partition coefficient (Wildman–Crippen LogP) is 1.02.